The van der Waals surface area contributed by atoms with Crippen LogP contribution in [0.1, 0.15) is 55.5 Å². The van der Waals surface area contributed by atoms with Gasteiger partial charge in [0.15, 0.2) is 11.9 Å². The lowest BCUT2D eigenvalue weighted by Gasteiger charge is -2.32. The summed E-state index contributed by atoms with van der Waals surface area (Å²) in [6.45, 7) is 9.18. The number of esters is 1. The van der Waals surface area contributed by atoms with E-state index in [1.165, 1.54) is 18.4 Å². The van der Waals surface area contributed by atoms with Crippen molar-refractivity contribution in [3.05, 3.63) is 54.0 Å². The van der Waals surface area contributed by atoms with E-state index in [1.54, 1.807) is 36.1 Å². The van der Waals surface area contributed by atoms with Crippen LogP contribution in [0.3, 0.4) is 0 Å². The van der Waals surface area contributed by atoms with E-state index in [1.807, 2.05) is 27.7 Å². The monoisotopic (exact) mass is 386 g/mol. The van der Waals surface area contributed by atoms with E-state index in [9.17, 15) is 14.4 Å². The third kappa shape index (κ3) is 5.00. The van der Waals surface area contributed by atoms with Crippen molar-refractivity contribution in [2.24, 2.45) is 0 Å². The van der Waals surface area contributed by atoms with Crippen molar-refractivity contribution >= 4 is 23.5 Å². The first-order valence-electron chi connectivity index (χ1n) is 9.19. The third-order valence-corrected chi connectivity index (χ3v) is 4.14. The summed E-state index contributed by atoms with van der Waals surface area (Å²) in [5.74, 6) is -1.32. The van der Waals surface area contributed by atoms with E-state index in [2.05, 4.69) is 5.32 Å². The number of carbonyl (C=O) groups is 3. The first-order valence-corrected chi connectivity index (χ1v) is 9.19. The van der Waals surface area contributed by atoms with Crippen molar-refractivity contribution in [2.75, 3.05) is 5.32 Å². The molecular weight excluding hydrogens is 360 g/mol. The Morgan fingerprint density at radius 1 is 0.964 bits per heavy atom. The highest BCUT2D eigenvalue weighted by Crippen LogP contribution is 2.19. The lowest BCUT2D eigenvalue weighted by atomic mass is 10.1. The Labute approximate surface area is 164 Å². The van der Waals surface area contributed by atoms with Gasteiger partial charge in [0.05, 0.1) is 17.5 Å². The van der Waals surface area contributed by atoms with Gasteiger partial charge < -0.3 is 19.4 Å². The molecule has 0 fully saturated rings. The maximum atomic E-state index is 12.7. The lowest BCUT2D eigenvalue weighted by Crippen LogP contribution is -2.47. The van der Waals surface area contributed by atoms with Crippen molar-refractivity contribution in [1.29, 1.82) is 0 Å². The normalized spacial score (nSPS) is 12.0. The molecule has 1 aromatic heterocycles. The molecule has 1 aromatic carbocycles. The van der Waals surface area contributed by atoms with Gasteiger partial charge in [-0.3, -0.25) is 9.59 Å². The van der Waals surface area contributed by atoms with Crippen molar-refractivity contribution in [3.63, 3.8) is 0 Å². The number of para-hydroxylation sites is 1. The SMILES string of the molecule is CC(C)N(C(=O)[C@@H](C)OC(=O)c1ccccc1NC(=O)c1ccco1)C(C)C. The molecular formula is C21H26N2O5. The van der Waals surface area contributed by atoms with E-state index in [-0.39, 0.29) is 35.0 Å². The van der Waals surface area contributed by atoms with E-state index < -0.39 is 18.0 Å². The molecule has 0 aliphatic carbocycles. The molecule has 0 bridgehead atoms. The topological polar surface area (TPSA) is 88.9 Å². The fourth-order valence-corrected chi connectivity index (χ4v) is 2.95. The minimum atomic E-state index is -0.953. The number of benzene rings is 1. The number of hydrogen-bond donors (Lipinski definition) is 1. The summed E-state index contributed by atoms with van der Waals surface area (Å²) in [6, 6.07) is 9.52. The second-order valence-electron chi connectivity index (χ2n) is 6.96. The molecule has 2 rings (SSSR count). The van der Waals surface area contributed by atoms with Gasteiger partial charge in [0.2, 0.25) is 0 Å². The van der Waals surface area contributed by atoms with Crippen LogP contribution in [0.4, 0.5) is 5.69 Å². The Morgan fingerprint density at radius 2 is 1.61 bits per heavy atom. The van der Waals surface area contributed by atoms with Crippen LogP contribution >= 0.6 is 0 Å². The zero-order valence-electron chi connectivity index (χ0n) is 16.8. The van der Waals surface area contributed by atoms with Gasteiger partial charge in [0.25, 0.3) is 11.8 Å². The lowest BCUT2D eigenvalue weighted by molar-refractivity contribution is -0.143. The summed E-state index contributed by atoms with van der Waals surface area (Å²) in [5, 5.41) is 2.63. The fourth-order valence-electron chi connectivity index (χ4n) is 2.95. The number of furan rings is 1. The minimum Gasteiger partial charge on any atom is -0.459 e. The first kappa shape index (κ1) is 21.2. The molecule has 0 aliphatic rings. The van der Waals surface area contributed by atoms with E-state index >= 15 is 0 Å². The molecule has 1 atom stereocenters. The average Bonchev–Trinajstić information content (AvgIpc) is 3.16. The number of rotatable bonds is 7. The highest BCUT2D eigenvalue weighted by molar-refractivity contribution is 6.07. The van der Waals surface area contributed by atoms with Crippen molar-refractivity contribution in [1.82, 2.24) is 4.90 Å². The molecule has 0 unspecified atom stereocenters. The summed E-state index contributed by atoms with van der Waals surface area (Å²) in [6.07, 6.45) is 0.434. The molecule has 28 heavy (non-hydrogen) atoms. The molecule has 0 aliphatic heterocycles. The number of hydrogen-bond acceptors (Lipinski definition) is 5. The summed E-state index contributed by atoms with van der Waals surface area (Å²) in [7, 11) is 0. The fraction of sp³-hybridized carbons (Fsp3) is 0.381. The van der Waals surface area contributed by atoms with Gasteiger partial charge in [-0.2, -0.15) is 0 Å². The van der Waals surface area contributed by atoms with Gasteiger partial charge in [-0.1, -0.05) is 12.1 Å². The van der Waals surface area contributed by atoms with Crippen molar-refractivity contribution in [3.8, 4) is 0 Å². The van der Waals surface area contributed by atoms with Gasteiger partial charge in [-0.25, -0.2) is 4.79 Å². The number of ether oxygens (including phenoxy) is 1. The molecule has 0 spiro atoms. The molecule has 2 amide bonds. The number of nitrogens with one attached hydrogen (secondary N) is 1. The maximum absolute atomic E-state index is 12.7. The third-order valence-electron chi connectivity index (χ3n) is 4.14. The standard InChI is InChI=1S/C21H26N2O5/c1-13(2)23(14(3)4)20(25)15(5)28-21(26)16-9-6-7-10-17(16)22-19(24)18-11-8-12-27-18/h6-15H,1-5H3,(H,22,24)/t15-/m1/s1. The van der Waals surface area contributed by atoms with Gasteiger partial charge in [-0.15, -0.1) is 0 Å². The van der Waals surface area contributed by atoms with Crippen LogP contribution in [0.25, 0.3) is 0 Å². The highest BCUT2D eigenvalue weighted by Gasteiger charge is 2.28. The minimum absolute atomic E-state index is 0.0199. The molecule has 7 heteroatoms. The molecule has 1 heterocycles. The Bertz CT molecular complexity index is 819. The van der Waals surface area contributed by atoms with Gasteiger partial charge in [0.1, 0.15) is 0 Å². The smallest absolute Gasteiger partial charge is 0.341 e. The van der Waals surface area contributed by atoms with Crippen LogP contribution in [0.15, 0.2) is 47.1 Å². The van der Waals surface area contributed by atoms with E-state index in [4.69, 9.17) is 9.15 Å². The number of nitrogens with zero attached hydrogens (tertiary/aromatic N) is 1. The highest BCUT2D eigenvalue weighted by atomic mass is 16.5. The predicted octanol–water partition coefficient (Wildman–Crippen LogP) is 3.72. The van der Waals surface area contributed by atoms with Crippen molar-refractivity contribution < 1.29 is 23.5 Å². The maximum Gasteiger partial charge on any atom is 0.341 e. The first-order chi connectivity index (χ1) is 13.2. The second kappa shape index (κ2) is 9.21. The molecule has 1 N–H and O–H groups in total. The largest absolute Gasteiger partial charge is 0.459 e. The van der Waals surface area contributed by atoms with Crippen LogP contribution in [0.5, 0.6) is 0 Å². The van der Waals surface area contributed by atoms with Crippen LogP contribution in [-0.4, -0.2) is 40.9 Å². The van der Waals surface area contributed by atoms with Crippen LogP contribution < -0.4 is 5.32 Å². The molecule has 0 saturated heterocycles. The van der Waals surface area contributed by atoms with Gasteiger partial charge in [-0.05, 0) is 58.9 Å². The van der Waals surface area contributed by atoms with Crippen LogP contribution in [0.2, 0.25) is 0 Å². The summed E-state index contributed by atoms with van der Waals surface area (Å²) < 4.78 is 10.4. The van der Waals surface area contributed by atoms with Crippen LogP contribution in [-0.2, 0) is 9.53 Å². The molecule has 150 valence electrons. The molecule has 0 saturated carbocycles. The zero-order valence-corrected chi connectivity index (χ0v) is 16.8. The predicted molar refractivity (Wildman–Crippen MR) is 105 cm³/mol. The molecule has 2 aromatic rings. The number of anilines is 1. The number of amides is 2. The Hall–Kier alpha value is -3.09. The van der Waals surface area contributed by atoms with Crippen LogP contribution in [0, 0.1) is 0 Å². The zero-order chi connectivity index (χ0) is 20.8. The van der Waals surface area contributed by atoms with Crippen molar-refractivity contribution in [2.45, 2.75) is 52.8 Å². The summed E-state index contributed by atoms with van der Waals surface area (Å²) in [4.78, 5) is 39.2. The molecule has 0 radical (unpaired) electrons. The Kier molecular flexibility index (Phi) is 6.98. The average molecular weight is 386 g/mol. The Balaban J connectivity index is 2.14. The Morgan fingerprint density at radius 3 is 2.18 bits per heavy atom. The number of carbonyl (C=O) groups excluding carboxylic acids is 3. The van der Waals surface area contributed by atoms with E-state index in [0.717, 1.165) is 0 Å². The summed E-state index contributed by atoms with van der Waals surface area (Å²) in [5.41, 5.74) is 0.431. The quantitative estimate of drug-likeness (QED) is 0.733. The van der Waals surface area contributed by atoms with Gasteiger partial charge in [0, 0.05) is 12.1 Å². The van der Waals surface area contributed by atoms with E-state index in [0.29, 0.717) is 0 Å². The molecule has 7 nitrogen and oxygen atoms in total. The second-order valence-corrected chi connectivity index (χ2v) is 6.96. The summed E-state index contributed by atoms with van der Waals surface area (Å²) >= 11 is 0. The van der Waals surface area contributed by atoms with Gasteiger partial charge >= 0.3 is 5.97 Å².